The summed E-state index contributed by atoms with van der Waals surface area (Å²) in [6, 6.07) is 6.96. The number of halogens is 2. The van der Waals surface area contributed by atoms with E-state index in [0.29, 0.717) is 0 Å². The predicted octanol–water partition coefficient (Wildman–Crippen LogP) is -1.29. The summed E-state index contributed by atoms with van der Waals surface area (Å²) in [5.74, 6) is -0.0483. The van der Waals surface area contributed by atoms with E-state index in [2.05, 4.69) is 4.93 Å². The number of benzene rings is 1. The van der Waals surface area contributed by atoms with Crippen LogP contribution in [0, 0.1) is 9.39 Å². The fourth-order valence-corrected chi connectivity index (χ4v) is 1.85. The average molecular weight is 237 g/mol. The molecule has 0 aromatic heterocycles. The van der Waals surface area contributed by atoms with Crippen molar-refractivity contribution >= 4 is 0 Å². The molecule has 0 bridgehead atoms. The van der Waals surface area contributed by atoms with E-state index < -0.39 is 0 Å². The van der Waals surface area contributed by atoms with Gasteiger partial charge in [0.2, 0.25) is 3.57 Å². The van der Waals surface area contributed by atoms with E-state index in [1.165, 1.54) is 6.07 Å². The van der Waals surface area contributed by atoms with Gasteiger partial charge in [0.25, 0.3) is 0 Å². The Bertz CT molecular complexity index is 198. The van der Waals surface area contributed by atoms with Crippen LogP contribution in [-0.4, -0.2) is 4.93 Å². The van der Waals surface area contributed by atoms with Crippen LogP contribution in [0.15, 0.2) is 24.3 Å². The highest BCUT2D eigenvalue weighted by Crippen LogP contribution is 1.92. The summed E-state index contributed by atoms with van der Waals surface area (Å²) < 4.78 is 13.5. The zero-order chi connectivity index (χ0) is 6.69. The van der Waals surface area contributed by atoms with Crippen molar-refractivity contribution in [1.29, 1.82) is 0 Å². The summed E-state index contributed by atoms with van der Waals surface area (Å²) in [6.45, 7) is 0. The van der Waals surface area contributed by atoms with Gasteiger partial charge in [-0.25, -0.2) is 4.39 Å². The van der Waals surface area contributed by atoms with Crippen molar-refractivity contribution in [3.05, 3.63) is 33.7 Å². The molecule has 0 fully saturated rings. The smallest absolute Gasteiger partial charge is 0.202 e. The number of alkyl halides is 1. The lowest BCUT2D eigenvalue weighted by Gasteiger charge is -1.83. The molecule has 0 N–H and O–H groups in total. The van der Waals surface area contributed by atoms with Crippen LogP contribution in [0.2, 0.25) is 0 Å². The molecule has 9 heavy (non-hydrogen) atoms. The fraction of sp³-hybridized carbons (Fsp3) is 0.143. The third-order valence-electron chi connectivity index (χ3n) is 1.03. The Labute approximate surface area is 64.3 Å². The highest BCUT2D eigenvalue weighted by Gasteiger charge is 2.08. The van der Waals surface area contributed by atoms with E-state index in [9.17, 15) is 4.39 Å². The van der Waals surface area contributed by atoms with Gasteiger partial charge in [-0.15, -0.1) is 0 Å². The van der Waals surface area contributed by atoms with Crippen molar-refractivity contribution < 1.29 is 25.6 Å². The van der Waals surface area contributed by atoms with Crippen LogP contribution >= 0.6 is 0 Å². The van der Waals surface area contributed by atoms with E-state index in [1.807, 2.05) is 12.1 Å². The second-order valence-electron chi connectivity index (χ2n) is 1.60. The molecule has 0 aliphatic carbocycles. The van der Waals surface area contributed by atoms with Crippen LogP contribution in [0.25, 0.3) is 0 Å². The van der Waals surface area contributed by atoms with E-state index >= 15 is 0 Å². The number of hydrogen-bond acceptors (Lipinski definition) is 0. The van der Waals surface area contributed by atoms with Crippen molar-refractivity contribution in [2.75, 3.05) is 4.93 Å². The second kappa shape index (κ2) is 3.15. The molecule has 0 radical (unpaired) electrons. The van der Waals surface area contributed by atoms with Gasteiger partial charge in [-0.2, -0.15) is 0 Å². The molecular formula is C7H7FI+. The van der Waals surface area contributed by atoms with Crippen molar-refractivity contribution in [2.24, 2.45) is 0 Å². The first-order chi connectivity index (χ1) is 4.34. The van der Waals surface area contributed by atoms with Crippen LogP contribution in [0.3, 0.4) is 0 Å². The highest BCUT2D eigenvalue weighted by atomic mass is 127. The molecule has 0 nitrogen and oxygen atoms in total. The summed E-state index contributed by atoms with van der Waals surface area (Å²) in [7, 11) is 0. The summed E-state index contributed by atoms with van der Waals surface area (Å²) >= 11 is -0.0874. The Morgan fingerprint density at radius 2 is 2.00 bits per heavy atom. The maximum atomic E-state index is 12.6. The third kappa shape index (κ3) is 1.64. The zero-order valence-corrected chi connectivity index (χ0v) is 7.22. The minimum atomic E-state index is -0.0874. The molecular weight excluding hydrogens is 230 g/mol. The SMILES string of the molecule is C[I+]c1ccccc1F. The van der Waals surface area contributed by atoms with Crippen molar-refractivity contribution in [3.63, 3.8) is 0 Å². The first kappa shape index (κ1) is 6.99. The Balaban J connectivity index is 3.01. The Morgan fingerprint density at radius 3 is 2.44 bits per heavy atom. The van der Waals surface area contributed by atoms with E-state index in [1.54, 1.807) is 6.07 Å². The first-order valence-electron chi connectivity index (χ1n) is 2.58. The maximum absolute atomic E-state index is 12.6. The number of rotatable bonds is 1. The molecule has 1 rings (SSSR count). The minimum absolute atomic E-state index is 0.0483. The normalized spacial score (nSPS) is 9.56. The fourth-order valence-electron chi connectivity index (χ4n) is 0.593. The lowest BCUT2D eigenvalue weighted by atomic mass is 10.4. The summed E-state index contributed by atoms with van der Waals surface area (Å²) in [5, 5.41) is 0. The Morgan fingerprint density at radius 1 is 1.33 bits per heavy atom. The predicted molar refractivity (Wildman–Crippen MR) is 31.0 cm³/mol. The van der Waals surface area contributed by atoms with Gasteiger partial charge in [-0.1, -0.05) is 12.1 Å². The van der Waals surface area contributed by atoms with Gasteiger partial charge in [0.1, 0.15) is 4.93 Å². The molecule has 0 saturated heterocycles. The lowest BCUT2D eigenvalue weighted by molar-refractivity contribution is -0.600. The molecule has 1 aromatic rings. The van der Waals surface area contributed by atoms with E-state index in [0.717, 1.165) is 3.57 Å². The molecule has 0 aliphatic rings. The molecule has 0 aliphatic heterocycles. The summed E-state index contributed by atoms with van der Waals surface area (Å²) in [5.41, 5.74) is 0. The van der Waals surface area contributed by atoms with Gasteiger partial charge in [0.15, 0.2) is 5.82 Å². The van der Waals surface area contributed by atoms with Crippen LogP contribution < -0.4 is 21.2 Å². The van der Waals surface area contributed by atoms with Gasteiger partial charge in [-0.3, -0.25) is 0 Å². The molecule has 0 heterocycles. The summed E-state index contributed by atoms with van der Waals surface area (Å²) in [4.78, 5) is 2.05. The van der Waals surface area contributed by atoms with Crippen molar-refractivity contribution in [2.45, 2.75) is 0 Å². The van der Waals surface area contributed by atoms with Crippen LogP contribution in [-0.2, 0) is 0 Å². The largest absolute Gasteiger partial charge is 0.312 e. The Hall–Kier alpha value is -0.120. The maximum Gasteiger partial charge on any atom is 0.312 e. The molecule has 0 saturated carbocycles. The summed E-state index contributed by atoms with van der Waals surface area (Å²) in [6.07, 6.45) is 0. The van der Waals surface area contributed by atoms with Crippen molar-refractivity contribution in [1.82, 2.24) is 0 Å². The zero-order valence-electron chi connectivity index (χ0n) is 5.07. The molecule has 0 unspecified atom stereocenters. The van der Waals surface area contributed by atoms with Gasteiger partial charge in [0, 0.05) is 0 Å². The topological polar surface area (TPSA) is 0 Å². The molecule has 0 spiro atoms. The third-order valence-corrected chi connectivity index (χ3v) is 3.07. The van der Waals surface area contributed by atoms with Crippen LogP contribution in [0.5, 0.6) is 0 Å². The number of hydrogen-bond donors (Lipinski definition) is 0. The monoisotopic (exact) mass is 237 g/mol. The molecule has 0 atom stereocenters. The average Bonchev–Trinajstić information content (AvgIpc) is 1.89. The van der Waals surface area contributed by atoms with E-state index in [-0.39, 0.29) is 27.0 Å². The van der Waals surface area contributed by atoms with Crippen molar-refractivity contribution in [3.8, 4) is 0 Å². The van der Waals surface area contributed by atoms with Gasteiger partial charge < -0.3 is 0 Å². The molecule has 2 heteroatoms. The minimum Gasteiger partial charge on any atom is -0.202 e. The van der Waals surface area contributed by atoms with Gasteiger partial charge >= 0.3 is 21.2 Å². The van der Waals surface area contributed by atoms with E-state index in [4.69, 9.17) is 0 Å². The molecule has 0 amide bonds. The lowest BCUT2D eigenvalue weighted by Crippen LogP contribution is -3.60. The van der Waals surface area contributed by atoms with Gasteiger partial charge in [0.05, 0.1) is 0 Å². The first-order valence-corrected chi connectivity index (χ1v) is 5.82. The second-order valence-corrected chi connectivity index (χ2v) is 3.84. The Kier molecular flexibility index (Phi) is 2.45. The highest BCUT2D eigenvalue weighted by molar-refractivity contribution is 5.01. The molecule has 48 valence electrons. The quantitative estimate of drug-likeness (QED) is 0.421. The van der Waals surface area contributed by atoms with Crippen LogP contribution in [0.1, 0.15) is 0 Å². The van der Waals surface area contributed by atoms with Gasteiger partial charge in [-0.05, 0) is 12.1 Å². The standard InChI is InChI=1S/C7H7FI/c1-9-7-5-3-2-4-6(7)8/h2-5H,1H3/q+1. The molecule has 1 aromatic carbocycles. The van der Waals surface area contributed by atoms with Crippen LogP contribution in [0.4, 0.5) is 4.39 Å².